The summed E-state index contributed by atoms with van der Waals surface area (Å²) in [7, 11) is 0. The maximum Gasteiger partial charge on any atom is 0.140 e. The molecule has 0 aliphatic carbocycles. The third-order valence-electron chi connectivity index (χ3n) is 2.13. The first-order chi connectivity index (χ1) is 6.09. The Balaban J connectivity index is 3.77. The first-order valence-electron chi connectivity index (χ1n) is 4.71. The van der Waals surface area contributed by atoms with Crippen LogP contribution in [0.3, 0.4) is 0 Å². The molecule has 0 atom stereocenters. The lowest BCUT2D eigenvalue weighted by Crippen LogP contribution is -2.19. The Morgan fingerprint density at radius 3 is 2.15 bits per heavy atom. The van der Waals surface area contributed by atoms with Gasteiger partial charge >= 0.3 is 0 Å². The minimum absolute atomic E-state index is 0.00824. The average Bonchev–Trinajstić information content (AvgIpc) is 2.02. The summed E-state index contributed by atoms with van der Waals surface area (Å²) < 4.78 is 0. The quantitative estimate of drug-likeness (QED) is 0.344. The van der Waals surface area contributed by atoms with Gasteiger partial charge in [0.1, 0.15) is 11.6 Å². The number of carbonyl (C=O) groups excluding carboxylic acids is 2. The van der Waals surface area contributed by atoms with Crippen LogP contribution in [0.25, 0.3) is 0 Å². The highest BCUT2D eigenvalue weighted by molar-refractivity contribution is 6.00. The maximum absolute atomic E-state index is 11.0. The Labute approximate surface area is 80.0 Å². The van der Waals surface area contributed by atoms with Crippen molar-refractivity contribution < 1.29 is 9.59 Å². The number of hydrogen-bond acceptors (Lipinski definition) is 2. The minimum Gasteiger partial charge on any atom is -0.299 e. The molecule has 0 aromatic heterocycles. The summed E-state index contributed by atoms with van der Waals surface area (Å²) in [5.41, 5.74) is 0. The normalized spacial score (nSPS) is 10.1. The molecule has 2 heteroatoms. The molecule has 74 valence electrons. The van der Waals surface area contributed by atoms with E-state index in [1.165, 1.54) is 13.8 Å². The highest BCUT2D eigenvalue weighted by Gasteiger charge is 2.17. The first-order valence-corrected chi connectivity index (χ1v) is 4.71. The minimum atomic E-state index is -0.371. The molecule has 0 unspecified atom stereocenters. The summed E-state index contributed by atoms with van der Waals surface area (Å²) in [5, 5.41) is 0. The van der Waals surface area contributed by atoms with E-state index in [9.17, 15) is 9.59 Å². The van der Waals surface area contributed by atoms with E-state index in [2.05, 4.69) is 6.58 Å². The van der Waals surface area contributed by atoms with Crippen LogP contribution in [-0.4, -0.2) is 11.6 Å². The number of carbonyl (C=O) groups is 2. The highest BCUT2D eigenvalue weighted by Crippen LogP contribution is 2.12. The van der Waals surface area contributed by atoms with Crippen LogP contribution in [0.2, 0.25) is 0 Å². The van der Waals surface area contributed by atoms with Crippen molar-refractivity contribution in [1.82, 2.24) is 0 Å². The number of hydrogen-bond donors (Lipinski definition) is 0. The lowest BCUT2D eigenvalue weighted by atomic mass is 9.94. The summed E-state index contributed by atoms with van der Waals surface area (Å²) in [4.78, 5) is 22.0. The third-order valence-corrected chi connectivity index (χ3v) is 2.13. The molecule has 13 heavy (non-hydrogen) atoms. The van der Waals surface area contributed by atoms with E-state index in [1.807, 2.05) is 6.08 Å². The van der Waals surface area contributed by atoms with Crippen molar-refractivity contribution in [1.29, 1.82) is 0 Å². The van der Waals surface area contributed by atoms with Crippen molar-refractivity contribution in [2.45, 2.75) is 39.5 Å². The second kappa shape index (κ2) is 6.58. The predicted molar refractivity (Wildman–Crippen MR) is 53.5 cm³/mol. The molecule has 0 aromatic carbocycles. The van der Waals surface area contributed by atoms with Gasteiger partial charge < -0.3 is 0 Å². The van der Waals surface area contributed by atoms with Gasteiger partial charge in [0.15, 0.2) is 0 Å². The molecular formula is C11H18O2. The molecule has 0 rings (SSSR count). The Morgan fingerprint density at radius 1 is 1.23 bits per heavy atom. The second-order valence-corrected chi connectivity index (χ2v) is 3.35. The Morgan fingerprint density at radius 2 is 1.77 bits per heavy atom. The van der Waals surface area contributed by atoms with E-state index in [0.29, 0.717) is 6.42 Å². The number of unbranched alkanes of at least 4 members (excludes halogenated alkanes) is 2. The van der Waals surface area contributed by atoms with Crippen LogP contribution in [0, 0.1) is 5.92 Å². The Kier molecular flexibility index (Phi) is 6.11. The van der Waals surface area contributed by atoms with Gasteiger partial charge in [-0.05, 0) is 33.1 Å². The molecule has 0 N–H and O–H groups in total. The Hall–Kier alpha value is -0.920. The van der Waals surface area contributed by atoms with E-state index < -0.39 is 0 Å². The molecule has 0 aliphatic heterocycles. The lowest BCUT2D eigenvalue weighted by molar-refractivity contribution is -0.130. The number of ketones is 2. The highest BCUT2D eigenvalue weighted by atomic mass is 16.1. The fourth-order valence-electron chi connectivity index (χ4n) is 1.33. The fourth-order valence-corrected chi connectivity index (χ4v) is 1.33. The van der Waals surface area contributed by atoms with E-state index in [1.54, 1.807) is 0 Å². The van der Waals surface area contributed by atoms with Crippen LogP contribution >= 0.6 is 0 Å². The van der Waals surface area contributed by atoms with Crippen molar-refractivity contribution in [3.63, 3.8) is 0 Å². The van der Waals surface area contributed by atoms with Crippen LogP contribution in [0.15, 0.2) is 12.7 Å². The molecule has 0 radical (unpaired) electrons. The zero-order valence-electron chi connectivity index (χ0n) is 8.51. The maximum atomic E-state index is 11.0. The molecule has 0 heterocycles. The molecule has 0 saturated carbocycles. The SMILES string of the molecule is C=CCCCCC(C(C)=O)C(C)=O. The van der Waals surface area contributed by atoms with Gasteiger partial charge in [-0.25, -0.2) is 0 Å². The van der Waals surface area contributed by atoms with Gasteiger partial charge in [0.25, 0.3) is 0 Å². The van der Waals surface area contributed by atoms with Crippen molar-refractivity contribution in [2.24, 2.45) is 5.92 Å². The topological polar surface area (TPSA) is 34.1 Å². The summed E-state index contributed by atoms with van der Waals surface area (Å²) in [5.74, 6) is -0.387. The van der Waals surface area contributed by atoms with E-state index in [0.717, 1.165) is 19.3 Å². The summed E-state index contributed by atoms with van der Waals surface area (Å²) >= 11 is 0. The summed E-state index contributed by atoms with van der Waals surface area (Å²) in [6.07, 6.45) is 5.45. The standard InChI is InChI=1S/C11H18O2/c1-4-5-6-7-8-11(9(2)12)10(3)13/h4,11H,1,5-8H2,2-3H3. The van der Waals surface area contributed by atoms with Crippen molar-refractivity contribution in [3.05, 3.63) is 12.7 Å². The second-order valence-electron chi connectivity index (χ2n) is 3.35. The summed E-state index contributed by atoms with van der Waals surface area (Å²) in [6, 6.07) is 0. The van der Waals surface area contributed by atoms with E-state index in [4.69, 9.17) is 0 Å². The molecule has 0 fully saturated rings. The van der Waals surface area contributed by atoms with Gasteiger partial charge in [-0.2, -0.15) is 0 Å². The van der Waals surface area contributed by atoms with Crippen LogP contribution in [-0.2, 0) is 9.59 Å². The average molecular weight is 182 g/mol. The van der Waals surface area contributed by atoms with Gasteiger partial charge in [-0.1, -0.05) is 12.5 Å². The molecule has 2 nitrogen and oxygen atoms in total. The number of Topliss-reactive ketones (excluding diaryl/α,β-unsaturated/α-hetero) is 2. The molecule has 0 saturated heterocycles. The Bertz CT molecular complexity index is 180. The summed E-state index contributed by atoms with van der Waals surface area (Å²) in [6.45, 7) is 6.59. The zero-order chi connectivity index (χ0) is 10.3. The molecule has 0 aliphatic rings. The van der Waals surface area contributed by atoms with Crippen molar-refractivity contribution in [2.75, 3.05) is 0 Å². The predicted octanol–water partition coefficient (Wildman–Crippen LogP) is 2.53. The molecular weight excluding hydrogens is 164 g/mol. The van der Waals surface area contributed by atoms with Crippen molar-refractivity contribution >= 4 is 11.6 Å². The van der Waals surface area contributed by atoms with Gasteiger partial charge in [0.05, 0.1) is 5.92 Å². The number of allylic oxidation sites excluding steroid dienone is 1. The third kappa shape index (κ3) is 5.34. The van der Waals surface area contributed by atoms with Gasteiger partial charge in [0.2, 0.25) is 0 Å². The monoisotopic (exact) mass is 182 g/mol. The van der Waals surface area contributed by atoms with Crippen LogP contribution < -0.4 is 0 Å². The van der Waals surface area contributed by atoms with Gasteiger partial charge in [0, 0.05) is 0 Å². The molecule has 0 aromatic rings. The van der Waals surface area contributed by atoms with Crippen molar-refractivity contribution in [3.8, 4) is 0 Å². The van der Waals surface area contributed by atoms with Crippen LogP contribution in [0.4, 0.5) is 0 Å². The number of rotatable bonds is 7. The van der Waals surface area contributed by atoms with Crippen LogP contribution in [0.1, 0.15) is 39.5 Å². The molecule has 0 amide bonds. The smallest absolute Gasteiger partial charge is 0.140 e. The van der Waals surface area contributed by atoms with E-state index in [-0.39, 0.29) is 17.5 Å². The molecule has 0 spiro atoms. The largest absolute Gasteiger partial charge is 0.299 e. The zero-order valence-corrected chi connectivity index (χ0v) is 8.51. The van der Waals surface area contributed by atoms with Gasteiger partial charge in [-0.15, -0.1) is 6.58 Å². The van der Waals surface area contributed by atoms with Gasteiger partial charge in [-0.3, -0.25) is 9.59 Å². The fraction of sp³-hybridized carbons (Fsp3) is 0.636. The van der Waals surface area contributed by atoms with Crippen LogP contribution in [0.5, 0.6) is 0 Å². The first kappa shape index (κ1) is 12.1. The lowest BCUT2D eigenvalue weighted by Gasteiger charge is -2.08. The van der Waals surface area contributed by atoms with E-state index >= 15 is 0 Å². The molecule has 0 bridgehead atoms.